The number of hydrogen-bond donors (Lipinski definition) is 2. The van der Waals surface area contributed by atoms with Gasteiger partial charge in [-0.05, 0) is 31.4 Å². The Morgan fingerprint density at radius 1 is 1.20 bits per heavy atom. The van der Waals surface area contributed by atoms with Crippen molar-refractivity contribution in [2.45, 2.75) is 44.4 Å². The van der Waals surface area contributed by atoms with E-state index in [1.165, 1.54) is 31.4 Å². The maximum Gasteiger partial charge on any atom is 0.242 e. The van der Waals surface area contributed by atoms with Crippen molar-refractivity contribution in [3.8, 4) is 11.5 Å². The summed E-state index contributed by atoms with van der Waals surface area (Å²) < 4.78 is 15.2. The molecule has 5 heterocycles. The van der Waals surface area contributed by atoms with E-state index in [1.54, 1.807) is 17.8 Å². The van der Waals surface area contributed by atoms with Crippen LogP contribution in [-0.2, 0) is 23.7 Å². The van der Waals surface area contributed by atoms with Crippen LogP contribution >= 0.6 is 0 Å². The van der Waals surface area contributed by atoms with E-state index in [0.717, 1.165) is 25.0 Å². The number of fused-ring (bicyclic) bond motifs is 2. The zero-order valence-electron chi connectivity index (χ0n) is 19.4. The SMILES string of the molecule is Cn1ncc2c(-c3nc(N)c4c(n3)NC(=O)C4(C)c3ccc(F)cn3)nc(CCC3CCC3)nc21. The number of nitrogens with zero attached hydrogens (tertiary/aromatic N) is 7. The van der Waals surface area contributed by atoms with Gasteiger partial charge in [0.15, 0.2) is 11.5 Å². The Balaban J connectivity index is 1.46. The Kier molecular flexibility index (Phi) is 4.77. The fourth-order valence-electron chi connectivity index (χ4n) is 4.89. The fourth-order valence-corrected chi connectivity index (χ4v) is 4.89. The summed E-state index contributed by atoms with van der Waals surface area (Å²) in [6.07, 6.45) is 8.34. The zero-order valence-corrected chi connectivity index (χ0v) is 19.4. The summed E-state index contributed by atoms with van der Waals surface area (Å²) in [7, 11) is 1.83. The normalized spacial score (nSPS) is 19.6. The van der Waals surface area contributed by atoms with Crippen LogP contribution in [0.4, 0.5) is 16.0 Å². The number of carbonyl (C=O) groups is 1. The smallest absolute Gasteiger partial charge is 0.242 e. The summed E-state index contributed by atoms with van der Waals surface area (Å²) >= 11 is 0. The zero-order chi connectivity index (χ0) is 24.3. The molecule has 1 saturated carbocycles. The molecule has 35 heavy (non-hydrogen) atoms. The van der Waals surface area contributed by atoms with Crippen molar-refractivity contribution in [3.63, 3.8) is 0 Å². The maximum absolute atomic E-state index is 13.5. The van der Waals surface area contributed by atoms with Gasteiger partial charge in [0.05, 0.1) is 29.0 Å². The minimum atomic E-state index is -1.26. The first-order chi connectivity index (χ1) is 16.8. The molecule has 0 spiro atoms. The van der Waals surface area contributed by atoms with Gasteiger partial charge in [-0.15, -0.1) is 0 Å². The van der Waals surface area contributed by atoms with Gasteiger partial charge >= 0.3 is 0 Å². The monoisotopic (exact) mass is 473 g/mol. The third kappa shape index (κ3) is 3.33. The summed E-state index contributed by atoms with van der Waals surface area (Å²) in [6, 6.07) is 2.73. The molecule has 1 unspecified atom stereocenters. The van der Waals surface area contributed by atoms with Crippen LogP contribution in [0.1, 0.15) is 49.7 Å². The number of aromatic nitrogens is 7. The number of halogens is 1. The molecule has 4 aromatic rings. The van der Waals surface area contributed by atoms with Crippen LogP contribution in [0.3, 0.4) is 0 Å². The molecule has 0 bridgehead atoms. The summed E-state index contributed by atoms with van der Waals surface area (Å²) in [5.41, 5.74) is 7.13. The van der Waals surface area contributed by atoms with Crippen molar-refractivity contribution in [3.05, 3.63) is 47.4 Å². The average molecular weight is 474 g/mol. The molecule has 10 nitrogen and oxygen atoms in total. The number of anilines is 2. The van der Waals surface area contributed by atoms with Crippen molar-refractivity contribution in [2.24, 2.45) is 13.0 Å². The minimum absolute atomic E-state index is 0.128. The second kappa shape index (κ2) is 7.76. The van der Waals surface area contributed by atoms with Crippen LogP contribution in [0.15, 0.2) is 24.5 Å². The minimum Gasteiger partial charge on any atom is -0.383 e. The van der Waals surface area contributed by atoms with Crippen molar-refractivity contribution in [1.82, 2.24) is 34.7 Å². The average Bonchev–Trinajstić information content (AvgIpc) is 3.30. The largest absolute Gasteiger partial charge is 0.383 e. The topological polar surface area (TPSA) is 137 Å². The highest BCUT2D eigenvalue weighted by molar-refractivity contribution is 6.09. The highest BCUT2D eigenvalue weighted by Crippen LogP contribution is 2.44. The molecule has 0 radical (unpaired) electrons. The van der Waals surface area contributed by atoms with E-state index in [-0.39, 0.29) is 23.4 Å². The van der Waals surface area contributed by atoms with E-state index in [2.05, 4.69) is 25.4 Å². The van der Waals surface area contributed by atoms with Gasteiger partial charge in [-0.3, -0.25) is 14.5 Å². The number of amides is 1. The molecule has 11 heteroatoms. The molecule has 1 aliphatic carbocycles. The molecule has 6 rings (SSSR count). The first-order valence-corrected chi connectivity index (χ1v) is 11.6. The van der Waals surface area contributed by atoms with Gasteiger partial charge in [0.25, 0.3) is 0 Å². The van der Waals surface area contributed by atoms with Gasteiger partial charge in [-0.2, -0.15) is 5.10 Å². The maximum atomic E-state index is 13.5. The summed E-state index contributed by atoms with van der Waals surface area (Å²) in [6.45, 7) is 1.68. The first kappa shape index (κ1) is 21.5. The molecule has 178 valence electrons. The number of nitrogens with two attached hydrogens (primary N) is 1. The van der Waals surface area contributed by atoms with Crippen LogP contribution in [0.2, 0.25) is 0 Å². The second-order valence-corrected chi connectivity index (χ2v) is 9.43. The Bertz CT molecular complexity index is 1480. The number of pyridine rings is 1. The van der Waals surface area contributed by atoms with Gasteiger partial charge < -0.3 is 11.1 Å². The number of nitrogens with one attached hydrogen (secondary N) is 1. The van der Waals surface area contributed by atoms with Crippen molar-refractivity contribution >= 4 is 28.6 Å². The molecule has 0 saturated heterocycles. The van der Waals surface area contributed by atoms with Crippen LogP contribution in [0, 0.1) is 11.7 Å². The molecule has 1 amide bonds. The van der Waals surface area contributed by atoms with Crippen LogP contribution in [-0.4, -0.2) is 40.6 Å². The Labute approximate surface area is 200 Å². The Morgan fingerprint density at radius 3 is 2.74 bits per heavy atom. The molecular formula is C24H24FN9O. The molecule has 1 fully saturated rings. The fraction of sp³-hybridized carbons (Fsp3) is 0.375. The lowest BCUT2D eigenvalue weighted by Crippen LogP contribution is -2.34. The third-order valence-electron chi connectivity index (χ3n) is 7.21. The quantitative estimate of drug-likeness (QED) is 0.451. The predicted molar refractivity (Wildman–Crippen MR) is 127 cm³/mol. The van der Waals surface area contributed by atoms with E-state index in [0.29, 0.717) is 33.8 Å². The number of aryl methyl sites for hydroxylation is 2. The predicted octanol–water partition coefficient (Wildman–Crippen LogP) is 2.93. The standard InChI is InChI=1S/C24H24FN9O/c1-24(15-8-7-13(25)10-27-15)17-19(26)31-21(32-20(17)33-23(24)35)18-14-11-28-34(2)22(14)30-16(29-18)9-6-12-4-3-5-12/h7-8,10-12H,3-6,9H2,1-2H3,(H3,26,31,32,33,35). The van der Waals surface area contributed by atoms with Crippen LogP contribution in [0.25, 0.3) is 22.6 Å². The lowest BCUT2D eigenvalue weighted by molar-refractivity contribution is -0.119. The Morgan fingerprint density at radius 2 is 2.03 bits per heavy atom. The van der Waals surface area contributed by atoms with Gasteiger partial charge in [-0.1, -0.05) is 19.3 Å². The van der Waals surface area contributed by atoms with E-state index in [4.69, 9.17) is 15.7 Å². The number of carbonyl (C=O) groups excluding carboxylic acids is 1. The highest BCUT2D eigenvalue weighted by atomic mass is 19.1. The van der Waals surface area contributed by atoms with Crippen molar-refractivity contribution in [2.75, 3.05) is 11.1 Å². The number of rotatable bonds is 5. The van der Waals surface area contributed by atoms with E-state index < -0.39 is 11.2 Å². The van der Waals surface area contributed by atoms with Gasteiger partial charge in [-0.25, -0.2) is 24.3 Å². The molecule has 4 aromatic heterocycles. The van der Waals surface area contributed by atoms with E-state index >= 15 is 0 Å². The molecule has 1 aliphatic heterocycles. The van der Waals surface area contributed by atoms with Crippen LogP contribution < -0.4 is 11.1 Å². The third-order valence-corrected chi connectivity index (χ3v) is 7.21. The van der Waals surface area contributed by atoms with Gasteiger partial charge in [0.2, 0.25) is 5.91 Å². The molecular weight excluding hydrogens is 449 g/mol. The molecule has 0 aromatic carbocycles. The van der Waals surface area contributed by atoms with Crippen LogP contribution in [0.5, 0.6) is 0 Å². The van der Waals surface area contributed by atoms with E-state index in [9.17, 15) is 9.18 Å². The van der Waals surface area contributed by atoms with E-state index in [1.807, 2.05) is 7.05 Å². The molecule has 2 aliphatic rings. The van der Waals surface area contributed by atoms with Crippen molar-refractivity contribution < 1.29 is 9.18 Å². The lowest BCUT2D eigenvalue weighted by atomic mass is 9.81. The summed E-state index contributed by atoms with van der Waals surface area (Å²) in [5.74, 6) is 1.27. The lowest BCUT2D eigenvalue weighted by Gasteiger charge is -2.24. The number of nitrogen functional groups attached to an aromatic ring is 1. The molecule has 1 atom stereocenters. The Hall–Kier alpha value is -4.02. The second-order valence-electron chi connectivity index (χ2n) is 9.43. The summed E-state index contributed by atoms with van der Waals surface area (Å²) in [5, 5.41) is 7.85. The first-order valence-electron chi connectivity index (χ1n) is 11.6. The molecule has 3 N–H and O–H groups in total. The highest BCUT2D eigenvalue weighted by Gasteiger charge is 2.48. The van der Waals surface area contributed by atoms with Gasteiger partial charge in [0, 0.05) is 13.5 Å². The number of hydrogen-bond acceptors (Lipinski definition) is 8. The van der Waals surface area contributed by atoms with Gasteiger partial charge in [0.1, 0.15) is 34.4 Å². The van der Waals surface area contributed by atoms with Crippen molar-refractivity contribution in [1.29, 1.82) is 0 Å². The summed E-state index contributed by atoms with van der Waals surface area (Å²) in [4.78, 5) is 35.9.